The molecule has 1 aliphatic carbocycles. The molecule has 0 spiro atoms. The van der Waals surface area contributed by atoms with Crippen LogP contribution in [0.1, 0.15) is 25.3 Å². The predicted octanol–water partition coefficient (Wildman–Crippen LogP) is 1.31. The number of hydrogen-bond donors (Lipinski definition) is 2. The summed E-state index contributed by atoms with van der Waals surface area (Å²) in [7, 11) is -3.33. The minimum atomic E-state index is -3.33. The molecule has 4 nitrogen and oxygen atoms in total. The molecule has 1 aromatic rings. The molecule has 0 heterocycles. The first-order valence-electron chi connectivity index (χ1n) is 6.63. The Kier molecular flexibility index (Phi) is 4.28. The quantitative estimate of drug-likeness (QED) is 0.793. The average Bonchev–Trinajstić information content (AvgIpc) is 3.21. The van der Waals surface area contributed by atoms with Gasteiger partial charge in [-0.25, -0.2) is 13.1 Å². The zero-order valence-electron chi connectivity index (χ0n) is 11.2. The summed E-state index contributed by atoms with van der Waals surface area (Å²) >= 11 is 0. The molecule has 106 valence electrons. The van der Waals surface area contributed by atoms with Gasteiger partial charge in [-0.3, -0.25) is 0 Å². The van der Waals surface area contributed by atoms with Gasteiger partial charge in [0, 0.05) is 6.54 Å². The van der Waals surface area contributed by atoms with E-state index >= 15 is 0 Å². The van der Waals surface area contributed by atoms with Crippen LogP contribution in [-0.2, 0) is 16.4 Å². The van der Waals surface area contributed by atoms with Crippen LogP contribution in [0.5, 0.6) is 0 Å². The van der Waals surface area contributed by atoms with Gasteiger partial charge in [0.1, 0.15) is 0 Å². The molecular formula is C14H21NO3S. The molecular weight excluding hydrogens is 262 g/mol. The van der Waals surface area contributed by atoms with Crippen LogP contribution >= 0.6 is 0 Å². The highest BCUT2D eigenvalue weighted by atomic mass is 32.2. The fourth-order valence-electron chi connectivity index (χ4n) is 2.07. The van der Waals surface area contributed by atoms with E-state index in [9.17, 15) is 13.5 Å². The summed E-state index contributed by atoms with van der Waals surface area (Å²) in [5.41, 5.74) is 0.0848. The summed E-state index contributed by atoms with van der Waals surface area (Å²) in [6.07, 6.45) is 2.46. The Bertz CT molecular complexity index is 507. The highest BCUT2D eigenvalue weighted by Crippen LogP contribution is 2.39. The number of benzene rings is 1. The zero-order chi connectivity index (χ0) is 13.9. The molecule has 0 bridgehead atoms. The molecule has 1 fully saturated rings. The van der Waals surface area contributed by atoms with Gasteiger partial charge >= 0.3 is 0 Å². The second-order valence-electron chi connectivity index (χ2n) is 5.51. The molecule has 1 saturated carbocycles. The van der Waals surface area contributed by atoms with E-state index in [0.29, 0.717) is 6.42 Å². The summed E-state index contributed by atoms with van der Waals surface area (Å²) in [6, 6.07) is 9.52. The van der Waals surface area contributed by atoms with E-state index in [0.717, 1.165) is 18.4 Å². The zero-order valence-corrected chi connectivity index (χ0v) is 12.0. The summed E-state index contributed by atoms with van der Waals surface area (Å²) < 4.78 is 26.3. The minimum absolute atomic E-state index is 0.0533. The van der Waals surface area contributed by atoms with E-state index in [-0.39, 0.29) is 18.2 Å². The first-order valence-corrected chi connectivity index (χ1v) is 8.28. The number of aryl methyl sites for hydroxylation is 1. The summed E-state index contributed by atoms with van der Waals surface area (Å²) in [5, 5.41) is 10.1. The third-order valence-electron chi connectivity index (χ3n) is 3.61. The second-order valence-corrected chi connectivity index (χ2v) is 7.43. The van der Waals surface area contributed by atoms with E-state index in [1.165, 1.54) is 0 Å². The van der Waals surface area contributed by atoms with Crippen molar-refractivity contribution in [2.24, 2.45) is 5.92 Å². The van der Waals surface area contributed by atoms with Gasteiger partial charge < -0.3 is 5.11 Å². The summed E-state index contributed by atoms with van der Waals surface area (Å²) in [4.78, 5) is 0. The van der Waals surface area contributed by atoms with Crippen LogP contribution in [0.15, 0.2) is 30.3 Å². The molecule has 0 radical (unpaired) electrons. The molecule has 1 aromatic carbocycles. The van der Waals surface area contributed by atoms with Gasteiger partial charge in [0.15, 0.2) is 0 Å². The van der Waals surface area contributed by atoms with Crippen LogP contribution in [-0.4, -0.2) is 31.4 Å². The number of rotatable bonds is 7. The first-order chi connectivity index (χ1) is 8.89. The van der Waals surface area contributed by atoms with Crippen molar-refractivity contribution in [2.45, 2.75) is 31.8 Å². The minimum Gasteiger partial charge on any atom is -0.389 e. The Balaban J connectivity index is 1.82. The Hall–Kier alpha value is -0.910. The fraction of sp³-hybridized carbons (Fsp3) is 0.571. The Labute approximate surface area is 114 Å². The van der Waals surface area contributed by atoms with Crippen molar-refractivity contribution in [1.29, 1.82) is 0 Å². The lowest BCUT2D eigenvalue weighted by atomic mass is 10.0. The largest absolute Gasteiger partial charge is 0.389 e. The Morgan fingerprint density at radius 1 is 1.32 bits per heavy atom. The highest BCUT2D eigenvalue weighted by Gasteiger charge is 2.40. The Morgan fingerprint density at radius 3 is 2.53 bits per heavy atom. The summed E-state index contributed by atoms with van der Waals surface area (Å²) in [6.45, 7) is 1.80. The SMILES string of the molecule is C[C@@](O)(CNS(=O)(=O)CCc1ccccc1)C1CC1. The highest BCUT2D eigenvalue weighted by molar-refractivity contribution is 7.89. The van der Waals surface area contributed by atoms with Crippen LogP contribution in [0, 0.1) is 5.92 Å². The van der Waals surface area contributed by atoms with Crippen LogP contribution < -0.4 is 4.72 Å². The molecule has 19 heavy (non-hydrogen) atoms. The molecule has 0 aliphatic heterocycles. The lowest BCUT2D eigenvalue weighted by molar-refractivity contribution is 0.0422. The number of sulfonamides is 1. The third-order valence-corrected chi connectivity index (χ3v) is 4.93. The fourth-order valence-corrected chi connectivity index (χ4v) is 3.24. The number of nitrogens with one attached hydrogen (secondary N) is 1. The first kappa shape index (κ1) is 14.5. The maximum Gasteiger partial charge on any atom is 0.212 e. The van der Waals surface area contributed by atoms with Gasteiger partial charge in [0.2, 0.25) is 10.0 Å². The van der Waals surface area contributed by atoms with Crippen molar-refractivity contribution in [3.63, 3.8) is 0 Å². The molecule has 0 saturated heterocycles. The normalized spacial score (nSPS) is 19.1. The summed E-state index contributed by atoms with van der Waals surface area (Å²) in [5.74, 6) is 0.293. The second kappa shape index (κ2) is 5.61. The van der Waals surface area contributed by atoms with Crippen molar-refractivity contribution in [2.75, 3.05) is 12.3 Å². The topological polar surface area (TPSA) is 66.4 Å². The van der Waals surface area contributed by atoms with E-state index < -0.39 is 15.6 Å². The molecule has 1 atom stereocenters. The maximum absolute atomic E-state index is 11.9. The van der Waals surface area contributed by atoms with E-state index in [1.807, 2.05) is 30.3 Å². The van der Waals surface area contributed by atoms with Gasteiger partial charge in [-0.05, 0) is 37.7 Å². The van der Waals surface area contributed by atoms with Crippen molar-refractivity contribution < 1.29 is 13.5 Å². The monoisotopic (exact) mass is 283 g/mol. The van der Waals surface area contributed by atoms with Crippen molar-refractivity contribution in [3.05, 3.63) is 35.9 Å². The maximum atomic E-state index is 11.9. The van der Waals surface area contributed by atoms with E-state index in [4.69, 9.17) is 0 Å². The van der Waals surface area contributed by atoms with Crippen LogP contribution in [0.4, 0.5) is 0 Å². The van der Waals surface area contributed by atoms with Gasteiger partial charge in [-0.15, -0.1) is 0 Å². The lowest BCUT2D eigenvalue weighted by Crippen LogP contribution is -2.43. The van der Waals surface area contributed by atoms with Gasteiger partial charge in [-0.1, -0.05) is 30.3 Å². The van der Waals surface area contributed by atoms with Crippen LogP contribution in [0.25, 0.3) is 0 Å². The van der Waals surface area contributed by atoms with Crippen molar-refractivity contribution >= 4 is 10.0 Å². The van der Waals surface area contributed by atoms with Gasteiger partial charge in [0.05, 0.1) is 11.4 Å². The van der Waals surface area contributed by atoms with E-state index in [1.54, 1.807) is 6.92 Å². The third kappa shape index (κ3) is 4.60. The van der Waals surface area contributed by atoms with Crippen molar-refractivity contribution in [1.82, 2.24) is 4.72 Å². The lowest BCUT2D eigenvalue weighted by Gasteiger charge is -2.23. The van der Waals surface area contributed by atoms with Crippen LogP contribution in [0.3, 0.4) is 0 Å². The predicted molar refractivity (Wildman–Crippen MR) is 75.3 cm³/mol. The molecule has 2 rings (SSSR count). The molecule has 1 aliphatic rings. The van der Waals surface area contributed by atoms with Gasteiger partial charge in [0.25, 0.3) is 0 Å². The average molecular weight is 283 g/mol. The number of hydrogen-bond acceptors (Lipinski definition) is 3. The molecule has 5 heteroatoms. The Morgan fingerprint density at radius 2 is 1.95 bits per heavy atom. The molecule has 0 amide bonds. The molecule has 2 N–H and O–H groups in total. The van der Waals surface area contributed by atoms with Crippen molar-refractivity contribution in [3.8, 4) is 0 Å². The molecule has 0 aromatic heterocycles. The van der Waals surface area contributed by atoms with E-state index in [2.05, 4.69) is 4.72 Å². The molecule has 0 unspecified atom stereocenters. The smallest absolute Gasteiger partial charge is 0.212 e. The van der Waals surface area contributed by atoms with Gasteiger partial charge in [-0.2, -0.15) is 0 Å². The standard InChI is InChI=1S/C14H21NO3S/c1-14(16,13-7-8-13)11-15-19(17,18)10-9-12-5-3-2-4-6-12/h2-6,13,15-16H,7-11H2,1H3/t14-/m1/s1. The number of aliphatic hydroxyl groups is 1. The van der Waals surface area contributed by atoms with Crippen LogP contribution in [0.2, 0.25) is 0 Å².